The van der Waals surface area contributed by atoms with E-state index in [-0.39, 0.29) is 24.3 Å². The van der Waals surface area contributed by atoms with Crippen LogP contribution in [0.3, 0.4) is 0 Å². The molecule has 0 fully saturated rings. The highest BCUT2D eigenvalue weighted by molar-refractivity contribution is 5.83. The lowest BCUT2D eigenvalue weighted by molar-refractivity contribution is -0.137. The van der Waals surface area contributed by atoms with Crippen molar-refractivity contribution in [2.45, 2.75) is 46.3 Å². The fourth-order valence-corrected chi connectivity index (χ4v) is 3.90. The zero-order valence-electron chi connectivity index (χ0n) is 21.8. The molecule has 2 aliphatic rings. The molecule has 37 heavy (non-hydrogen) atoms. The number of rotatable bonds is 6. The minimum absolute atomic E-state index is 0.0273. The van der Waals surface area contributed by atoms with Crippen LogP contribution in [0.1, 0.15) is 45.2 Å². The van der Waals surface area contributed by atoms with Gasteiger partial charge in [0.2, 0.25) is 5.91 Å². The van der Waals surface area contributed by atoms with Gasteiger partial charge in [-0.05, 0) is 55.3 Å². The van der Waals surface area contributed by atoms with Crippen molar-refractivity contribution in [1.82, 2.24) is 9.80 Å². The van der Waals surface area contributed by atoms with Crippen molar-refractivity contribution >= 4 is 18.3 Å². The Kier molecular flexibility index (Phi) is 12.4. The first-order valence-corrected chi connectivity index (χ1v) is 11.9. The summed E-state index contributed by atoms with van der Waals surface area (Å²) < 4.78 is 38.8. The average Bonchev–Trinajstić information content (AvgIpc) is 3.07. The fourth-order valence-electron chi connectivity index (χ4n) is 3.90. The van der Waals surface area contributed by atoms with Crippen LogP contribution in [-0.2, 0) is 15.8 Å². The van der Waals surface area contributed by atoms with E-state index < -0.39 is 11.7 Å². The van der Waals surface area contributed by atoms with Gasteiger partial charge in [-0.1, -0.05) is 56.9 Å². The van der Waals surface area contributed by atoms with Crippen molar-refractivity contribution in [1.29, 1.82) is 0 Å². The number of alkyl halides is 3. The van der Waals surface area contributed by atoms with E-state index in [0.717, 1.165) is 23.5 Å². The molecule has 1 N–H and O–H groups in total. The summed E-state index contributed by atoms with van der Waals surface area (Å²) in [5.74, 6) is 0.0912. The SMILES string of the molecule is C=C/C=C\C(=C\CN1CC(=O)N(C(C)C)C2=C1C=CC(O)=CC2)c1ccc(C(F)(F)F)cc1.C=O.CC. The number of carbonyl (C=O) groups is 2. The summed E-state index contributed by atoms with van der Waals surface area (Å²) in [5, 5.41) is 9.97. The summed E-state index contributed by atoms with van der Waals surface area (Å²) in [6.45, 7) is 14.1. The lowest BCUT2D eigenvalue weighted by Gasteiger charge is -2.40. The highest BCUT2D eigenvalue weighted by Crippen LogP contribution is 2.32. The van der Waals surface area contributed by atoms with Gasteiger partial charge >= 0.3 is 6.18 Å². The largest absolute Gasteiger partial charge is 0.508 e. The molecule has 1 aromatic rings. The van der Waals surface area contributed by atoms with E-state index in [4.69, 9.17) is 4.79 Å². The normalized spacial score (nSPS) is 15.9. The Labute approximate surface area is 217 Å². The van der Waals surface area contributed by atoms with Gasteiger partial charge in [-0.25, -0.2) is 0 Å². The number of halogens is 3. The predicted octanol–water partition coefficient (Wildman–Crippen LogP) is 6.84. The maximum absolute atomic E-state index is 12.9. The van der Waals surface area contributed by atoms with E-state index in [1.165, 1.54) is 12.1 Å². The monoisotopic (exact) mass is 516 g/mol. The average molecular weight is 517 g/mol. The van der Waals surface area contributed by atoms with E-state index in [1.54, 1.807) is 41.4 Å². The quantitative estimate of drug-likeness (QED) is 0.421. The zero-order chi connectivity index (χ0) is 28.2. The van der Waals surface area contributed by atoms with Crippen molar-refractivity contribution in [2.24, 2.45) is 0 Å². The summed E-state index contributed by atoms with van der Waals surface area (Å²) in [6.07, 6.45) is 8.02. The maximum atomic E-state index is 12.9. The first-order chi connectivity index (χ1) is 17.6. The first kappa shape index (κ1) is 31.2. The van der Waals surface area contributed by atoms with Gasteiger partial charge in [0.15, 0.2) is 0 Å². The molecule has 200 valence electrons. The van der Waals surface area contributed by atoms with Crippen LogP contribution in [0.25, 0.3) is 5.57 Å². The Morgan fingerprint density at radius 1 is 1.14 bits per heavy atom. The molecule has 5 nitrogen and oxygen atoms in total. The Balaban J connectivity index is 0.00000163. The Bertz CT molecular complexity index is 1080. The molecule has 0 radical (unpaired) electrons. The number of nitrogens with zero attached hydrogens (tertiary/aromatic N) is 2. The number of aliphatic hydroxyl groups excluding tert-OH is 1. The van der Waals surface area contributed by atoms with Gasteiger partial charge in [-0.3, -0.25) is 4.79 Å². The minimum Gasteiger partial charge on any atom is -0.508 e. The van der Waals surface area contributed by atoms with E-state index in [2.05, 4.69) is 6.58 Å². The minimum atomic E-state index is -4.40. The van der Waals surface area contributed by atoms with Crippen LogP contribution in [0, 0.1) is 0 Å². The number of carbonyl (C=O) groups excluding carboxylic acids is 2. The molecule has 1 aliphatic carbocycles. The Morgan fingerprint density at radius 2 is 1.76 bits per heavy atom. The van der Waals surface area contributed by atoms with Crippen molar-refractivity contribution in [3.63, 3.8) is 0 Å². The highest BCUT2D eigenvalue weighted by Gasteiger charge is 2.32. The van der Waals surface area contributed by atoms with Gasteiger partial charge < -0.3 is 19.7 Å². The number of benzene rings is 1. The molecule has 0 aromatic heterocycles. The number of amides is 1. The Hall–Kier alpha value is -3.81. The van der Waals surface area contributed by atoms with Crippen LogP contribution in [0.5, 0.6) is 0 Å². The first-order valence-electron chi connectivity index (χ1n) is 11.9. The third-order valence-electron chi connectivity index (χ3n) is 5.44. The molecule has 1 amide bonds. The van der Waals surface area contributed by atoms with Crippen LogP contribution in [0.15, 0.2) is 90.5 Å². The van der Waals surface area contributed by atoms with Crippen LogP contribution in [0.4, 0.5) is 13.2 Å². The predicted molar refractivity (Wildman–Crippen MR) is 142 cm³/mol. The molecule has 1 heterocycles. The van der Waals surface area contributed by atoms with Crippen molar-refractivity contribution < 1.29 is 27.9 Å². The van der Waals surface area contributed by atoms with E-state index in [0.29, 0.717) is 24.1 Å². The number of hydrogen-bond acceptors (Lipinski definition) is 4. The van der Waals surface area contributed by atoms with Crippen LogP contribution >= 0.6 is 0 Å². The second kappa shape index (κ2) is 14.7. The molecular formula is C29H35F3N2O3. The molecule has 0 saturated carbocycles. The summed E-state index contributed by atoms with van der Waals surface area (Å²) in [7, 11) is 0. The van der Waals surface area contributed by atoms with Crippen LogP contribution in [0.2, 0.25) is 0 Å². The van der Waals surface area contributed by atoms with E-state index in [1.807, 2.05) is 45.5 Å². The van der Waals surface area contributed by atoms with Gasteiger partial charge in [-0.15, -0.1) is 0 Å². The van der Waals surface area contributed by atoms with Gasteiger partial charge in [0.05, 0.1) is 17.8 Å². The molecular weight excluding hydrogens is 481 g/mol. The molecule has 0 saturated heterocycles. The molecule has 8 heteroatoms. The van der Waals surface area contributed by atoms with Crippen LogP contribution in [-0.4, -0.2) is 46.7 Å². The molecule has 1 aromatic carbocycles. The third kappa shape index (κ3) is 8.37. The summed E-state index contributed by atoms with van der Waals surface area (Å²) in [6, 6.07) is 4.95. The lowest BCUT2D eigenvalue weighted by Crippen LogP contribution is -2.48. The van der Waals surface area contributed by atoms with Gasteiger partial charge in [0, 0.05) is 24.7 Å². The lowest BCUT2D eigenvalue weighted by atomic mass is 10.0. The van der Waals surface area contributed by atoms with Crippen molar-refractivity contribution in [2.75, 3.05) is 13.1 Å². The van der Waals surface area contributed by atoms with Gasteiger partial charge in [0.1, 0.15) is 12.5 Å². The summed E-state index contributed by atoms with van der Waals surface area (Å²) >= 11 is 0. The smallest absolute Gasteiger partial charge is 0.416 e. The standard InChI is InChI=1S/C26H27F3N2O2.C2H6.CH2O/c1-4-5-6-19(20-7-9-21(10-8-20)26(27,28)29)15-16-30-17-25(33)31(18(2)3)24-14-12-22(32)11-13-23(24)30;2*1-2/h4-13,15,18,32H,1,14,16-17H2,2-3H3;1-2H3;1H2/b6-5-,19-15-;;. The number of aliphatic hydroxyl groups is 1. The number of hydrogen-bond donors (Lipinski definition) is 1. The third-order valence-corrected chi connectivity index (χ3v) is 5.44. The second-order valence-corrected chi connectivity index (χ2v) is 8.07. The maximum Gasteiger partial charge on any atom is 0.416 e. The van der Waals surface area contributed by atoms with Crippen LogP contribution < -0.4 is 0 Å². The molecule has 3 rings (SSSR count). The molecule has 0 bridgehead atoms. The molecule has 0 spiro atoms. The topological polar surface area (TPSA) is 60.9 Å². The van der Waals surface area contributed by atoms with Gasteiger partial charge in [-0.2, -0.15) is 13.2 Å². The Morgan fingerprint density at radius 3 is 2.30 bits per heavy atom. The van der Waals surface area contributed by atoms with Crippen molar-refractivity contribution in [3.05, 3.63) is 102 Å². The number of allylic oxidation sites excluding steroid dienone is 7. The van der Waals surface area contributed by atoms with Crippen molar-refractivity contribution in [3.8, 4) is 0 Å². The fraction of sp³-hybridized carbons (Fsp3) is 0.310. The summed E-state index contributed by atoms with van der Waals surface area (Å²) in [4.78, 5) is 24.6. The van der Waals surface area contributed by atoms with E-state index in [9.17, 15) is 23.1 Å². The molecule has 1 aliphatic heterocycles. The van der Waals surface area contributed by atoms with Gasteiger partial charge in [0.25, 0.3) is 0 Å². The van der Waals surface area contributed by atoms with E-state index >= 15 is 0 Å². The highest BCUT2D eigenvalue weighted by atomic mass is 19.4. The summed E-state index contributed by atoms with van der Waals surface area (Å²) in [5.41, 5.74) is 2.27. The zero-order valence-corrected chi connectivity index (χ0v) is 21.8. The second-order valence-electron chi connectivity index (χ2n) is 8.07. The molecule has 0 unspecified atom stereocenters. The molecule has 0 atom stereocenters.